The topological polar surface area (TPSA) is 55.6 Å². The molecular weight excluding hydrogens is 250 g/mol. The third kappa shape index (κ3) is 3.22. The van der Waals surface area contributed by atoms with Gasteiger partial charge in [-0.15, -0.1) is 0 Å². The van der Waals surface area contributed by atoms with E-state index in [0.717, 1.165) is 43.1 Å². The highest BCUT2D eigenvalue weighted by Crippen LogP contribution is 2.18. The van der Waals surface area contributed by atoms with Crippen molar-refractivity contribution in [3.05, 3.63) is 29.3 Å². The highest BCUT2D eigenvalue weighted by atomic mass is 15.1. The third-order valence-corrected chi connectivity index (χ3v) is 3.47. The van der Waals surface area contributed by atoms with E-state index in [0.29, 0.717) is 5.82 Å². The smallest absolute Gasteiger partial charge is 0.196 e. The quantitative estimate of drug-likeness (QED) is 0.818. The molecule has 2 rings (SSSR count). The summed E-state index contributed by atoms with van der Waals surface area (Å²) in [5.74, 6) is 1.53. The van der Waals surface area contributed by atoms with Crippen molar-refractivity contribution in [3.63, 3.8) is 0 Å². The van der Waals surface area contributed by atoms with E-state index in [1.165, 1.54) is 5.56 Å². The van der Waals surface area contributed by atoms with Gasteiger partial charge >= 0.3 is 0 Å². The van der Waals surface area contributed by atoms with Crippen LogP contribution in [0.15, 0.2) is 12.4 Å². The van der Waals surface area contributed by atoms with Crippen LogP contribution in [0.5, 0.6) is 0 Å². The fourth-order valence-electron chi connectivity index (χ4n) is 2.35. The molecule has 0 saturated carbocycles. The van der Waals surface area contributed by atoms with Crippen molar-refractivity contribution in [2.45, 2.75) is 33.6 Å². The van der Waals surface area contributed by atoms with Crippen LogP contribution in [-0.4, -0.2) is 32.6 Å². The number of hydrogen-bond donors (Lipinski definition) is 1. The summed E-state index contributed by atoms with van der Waals surface area (Å²) in [5, 5.41) is 3.34. The van der Waals surface area contributed by atoms with E-state index < -0.39 is 0 Å². The molecule has 0 aliphatic rings. The van der Waals surface area contributed by atoms with Crippen molar-refractivity contribution < 1.29 is 0 Å². The normalized spacial score (nSPS) is 11.0. The summed E-state index contributed by atoms with van der Waals surface area (Å²) < 4.78 is 1.94. The lowest BCUT2D eigenvalue weighted by Gasteiger charge is -2.11. The van der Waals surface area contributed by atoms with Crippen LogP contribution < -0.4 is 5.32 Å². The Morgan fingerprint density at radius 1 is 1.20 bits per heavy atom. The van der Waals surface area contributed by atoms with E-state index >= 15 is 0 Å². The van der Waals surface area contributed by atoms with Crippen LogP contribution >= 0.6 is 0 Å². The Balaban J connectivity index is 2.19. The van der Waals surface area contributed by atoms with Gasteiger partial charge in [0.25, 0.3) is 0 Å². The first-order valence-corrected chi connectivity index (χ1v) is 7.16. The largest absolute Gasteiger partial charge is 0.331 e. The van der Waals surface area contributed by atoms with E-state index in [-0.39, 0.29) is 0 Å². The number of nitrogens with zero attached hydrogens (tertiary/aromatic N) is 4. The minimum Gasteiger partial charge on any atom is -0.331 e. The van der Waals surface area contributed by atoms with Gasteiger partial charge in [0.2, 0.25) is 0 Å². The van der Waals surface area contributed by atoms with Crippen LogP contribution in [0, 0.1) is 13.8 Å². The predicted octanol–water partition coefficient (Wildman–Crippen LogP) is 2.04. The molecule has 1 N–H and O–H groups in total. The Kier molecular flexibility index (Phi) is 4.84. The van der Waals surface area contributed by atoms with E-state index in [1.807, 2.05) is 17.8 Å². The lowest BCUT2D eigenvalue weighted by molar-refractivity contribution is 0.667. The SMILES string of the molecule is CCNCCCc1c(C)nc(-c2nccn2C)nc1C. The lowest BCUT2D eigenvalue weighted by Crippen LogP contribution is -2.15. The maximum Gasteiger partial charge on any atom is 0.196 e. The number of nitrogens with one attached hydrogen (secondary N) is 1. The first-order chi connectivity index (χ1) is 9.63. The summed E-state index contributed by atoms with van der Waals surface area (Å²) in [4.78, 5) is 13.6. The van der Waals surface area contributed by atoms with Gasteiger partial charge in [0.15, 0.2) is 11.6 Å². The van der Waals surface area contributed by atoms with Gasteiger partial charge in [-0.1, -0.05) is 6.92 Å². The Bertz CT molecular complexity index is 550. The zero-order chi connectivity index (χ0) is 14.5. The average Bonchev–Trinajstić information content (AvgIpc) is 2.83. The highest BCUT2D eigenvalue weighted by molar-refractivity contribution is 5.46. The number of imidazole rings is 1. The summed E-state index contributed by atoms with van der Waals surface area (Å²) in [6.07, 6.45) is 5.81. The number of aromatic nitrogens is 4. The summed E-state index contributed by atoms with van der Waals surface area (Å²) in [5.41, 5.74) is 3.39. The van der Waals surface area contributed by atoms with Gasteiger partial charge in [-0.2, -0.15) is 0 Å². The van der Waals surface area contributed by atoms with E-state index in [1.54, 1.807) is 6.20 Å². The lowest BCUT2D eigenvalue weighted by atomic mass is 10.1. The first kappa shape index (κ1) is 14.7. The fraction of sp³-hybridized carbons (Fsp3) is 0.533. The molecule has 0 amide bonds. The highest BCUT2D eigenvalue weighted by Gasteiger charge is 2.12. The maximum atomic E-state index is 4.62. The Hall–Kier alpha value is -1.75. The Morgan fingerprint density at radius 3 is 2.45 bits per heavy atom. The summed E-state index contributed by atoms with van der Waals surface area (Å²) in [7, 11) is 1.96. The molecule has 0 bridgehead atoms. The van der Waals surface area contributed by atoms with Crippen LogP contribution in [0.2, 0.25) is 0 Å². The molecule has 0 radical (unpaired) electrons. The molecule has 2 aromatic heterocycles. The van der Waals surface area contributed by atoms with Gasteiger partial charge in [-0.05, 0) is 45.3 Å². The van der Waals surface area contributed by atoms with Crippen molar-refractivity contribution in [2.24, 2.45) is 7.05 Å². The zero-order valence-corrected chi connectivity index (χ0v) is 12.8. The maximum absolute atomic E-state index is 4.62. The van der Waals surface area contributed by atoms with E-state index in [4.69, 9.17) is 0 Å². The van der Waals surface area contributed by atoms with Crippen molar-refractivity contribution in [1.29, 1.82) is 0 Å². The summed E-state index contributed by atoms with van der Waals surface area (Å²) in [6.45, 7) is 8.30. The second-order valence-corrected chi connectivity index (χ2v) is 5.02. The third-order valence-electron chi connectivity index (χ3n) is 3.47. The first-order valence-electron chi connectivity index (χ1n) is 7.16. The van der Waals surface area contributed by atoms with Gasteiger partial charge in [-0.25, -0.2) is 15.0 Å². The molecule has 2 aromatic rings. The van der Waals surface area contributed by atoms with E-state index in [2.05, 4.69) is 41.0 Å². The Labute approximate surface area is 120 Å². The standard InChI is InChI=1S/C15H23N5/c1-5-16-8-6-7-13-11(2)18-14(19-12(13)3)15-17-9-10-20(15)4/h9-10,16H,5-8H2,1-4H3. The van der Waals surface area contributed by atoms with Crippen LogP contribution in [-0.2, 0) is 13.5 Å². The van der Waals surface area contributed by atoms with Crippen molar-refractivity contribution in [3.8, 4) is 11.6 Å². The molecule has 0 aliphatic carbocycles. The molecule has 0 fully saturated rings. The van der Waals surface area contributed by atoms with Crippen molar-refractivity contribution in [2.75, 3.05) is 13.1 Å². The second kappa shape index (κ2) is 6.61. The molecule has 0 spiro atoms. The Morgan fingerprint density at radius 2 is 1.90 bits per heavy atom. The molecule has 2 heterocycles. The van der Waals surface area contributed by atoms with Gasteiger partial charge < -0.3 is 9.88 Å². The van der Waals surface area contributed by atoms with E-state index in [9.17, 15) is 0 Å². The molecule has 0 unspecified atom stereocenters. The number of aryl methyl sites for hydroxylation is 3. The average molecular weight is 273 g/mol. The van der Waals surface area contributed by atoms with Crippen molar-refractivity contribution in [1.82, 2.24) is 24.8 Å². The molecule has 0 atom stereocenters. The molecular formula is C15H23N5. The molecule has 0 aromatic carbocycles. The summed E-state index contributed by atoms with van der Waals surface area (Å²) in [6, 6.07) is 0. The molecule has 5 heteroatoms. The van der Waals surface area contributed by atoms with Gasteiger partial charge in [0.1, 0.15) is 0 Å². The second-order valence-electron chi connectivity index (χ2n) is 5.02. The van der Waals surface area contributed by atoms with Crippen LogP contribution in [0.4, 0.5) is 0 Å². The van der Waals surface area contributed by atoms with Crippen LogP contribution in [0.25, 0.3) is 11.6 Å². The zero-order valence-electron chi connectivity index (χ0n) is 12.8. The monoisotopic (exact) mass is 273 g/mol. The molecule has 0 saturated heterocycles. The minimum absolute atomic E-state index is 0.711. The van der Waals surface area contributed by atoms with Crippen LogP contribution in [0.1, 0.15) is 30.3 Å². The predicted molar refractivity (Wildman–Crippen MR) is 80.6 cm³/mol. The number of hydrogen-bond acceptors (Lipinski definition) is 4. The molecule has 0 aliphatic heterocycles. The van der Waals surface area contributed by atoms with Gasteiger partial charge in [0.05, 0.1) is 0 Å². The van der Waals surface area contributed by atoms with Gasteiger partial charge in [0, 0.05) is 30.8 Å². The van der Waals surface area contributed by atoms with Gasteiger partial charge in [-0.3, -0.25) is 0 Å². The molecule has 108 valence electrons. The molecule has 20 heavy (non-hydrogen) atoms. The van der Waals surface area contributed by atoms with Crippen LogP contribution in [0.3, 0.4) is 0 Å². The molecule has 5 nitrogen and oxygen atoms in total. The number of rotatable bonds is 6. The minimum atomic E-state index is 0.711. The summed E-state index contributed by atoms with van der Waals surface area (Å²) >= 11 is 0. The fourth-order valence-corrected chi connectivity index (χ4v) is 2.35. The van der Waals surface area contributed by atoms with Crippen molar-refractivity contribution >= 4 is 0 Å².